The molecule has 0 aliphatic carbocycles. The van der Waals surface area contributed by atoms with Gasteiger partial charge in [-0.2, -0.15) is 0 Å². The van der Waals surface area contributed by atoms with E-state index in [-0.39, 0.29) is 18.1 Å². The van der Waals surface area contributed by atoms with Gasteiger partial charge in [-0.3, -0.25) is 9.59 Å². The van der Waals surface area contributed by atoms with Crippen molar-refractivity contribution in [2.24, 2.45) is 0 Å². The molecule has 0 aliphatic rings. The second-order valence-corrected chi connectivity index (χ2v) is 4.16. The number of methoxy groups -OCH3 is 2. The lowest BCUT2D eigenvalue weighted by Gasteiger charge is -2.10. The summed E-state index contributed by atoms with van der Waals surface area (Å²) in [6.07, 6.45) is 0.541. The topological polar surface area (TPSA) is 64.6 Å². The maximum absolute atomic E-state index is 11.3. The van der Waals surface area contributed by atoms with Gasteiger partial charge in [-0.1, -0.05) is 0 Å². The number of ketones is 1. The molecule has 0 heterocycles. The van der Waals surface area contributed by atoms with Crippen LogP contribution in [0, 0.1) is 0 Å². The standard InChI is InChI=1S/C14H19NO4/c1-10(16)8-14(17)15-7-6-11-9-12(18-2)4-5-13(11)19-3/h4-5,9H,6-8H2,1-3H3,(H,15,17). The summed E-state index contributed by atoms with van der Waals surface area (Å²) >= 11 is 0. The summed E-state index contributed by atoms with van der Waals surface area (Å²) in [6.45, 7) is 1.85. The van der Waals surface area contributed by atoms with E-state index in [1.54, 1.807) is 14.2 Å². The maximum atomic E-state index is 11.3. The number of nitrogens with one attached hydrogen (secondary N) is 1. The molecule has 0 aromatic heterocycles. The highest BCUT2D eigenvalue weighted by atomic mass is 16.5. The van der Waals surface area contributed by atoms with Crippen LogP contribution in [0.5, 0.6) is 11.5 Å². The van der Waals surface area contributed by atoms with Gasteiger partial charge in [-0.25, -0.2) is 0 Å². The van der Waals surface area contributed by atoms with Gasteiger partial charge in [0.2, 0.25) is 5.91 Å². The maximum Gasteiger partial charge on any atom is 0.227 e. The van der Waals surface area contributed by atoms with Crippen molar-refractivity contribution in [3.05, 3.63) is 23.8 Å². The Bertz CT molecular complexity index is 457. The molecular weight excluding hydrogens is 246 g/mol. The van der Waals surface area contributed by atoms with Crippen LogP contribution >= 0.6 is 0 Å². The number of carbonyl (C=O) groups excluding carboxylic acids is 2. The van der Waals surface area contributed by atoms with Gasteiger partial charge in [0.15, 0.2) is 0 Å². The Hall–Kier alpha value is -2.04. The SMILES string of the molecule is COc1ccc(OC)c(CCNC(=O)CC(C)=O)c1. The second kappa shape index (κ2) is 7.41. The van der Waals surface area contributed by atoms with Crippen LogP contribution in [-0.4, -0.2) is 32.5 Å². The van der Waals surface area contributed by atoms with E-state index in [9.17, 15) is 9.59 Å². The molecule has 0 saturated carbocycles. The molecule has 1 rings (SSSR count). The molecule has 0 fully saturated rings. The third kappa shape index (κ3) is 4.99. The van der Waals surface area contributed by atoms with Gasteiger partial charge in [0.1, 0.15) is 17.3 Å². The van der Waals surface area contributed by atoms with Crippen LogP contribution in [-0.2, 0) is 16.0 Å². The number of hydrogen-bond acceptors (Lipinski definition) is 4. The van der Waals surface area contributed by atoms with E-state index >= 15 is 0 Å². The average molecular weight is 265 g/mol. The molecule has 0 saturated heterocycles. The zero-order valence-corrected chi connectivity index (χ0v) is 11.5. The molecule has 0 aliphatic heterocycles. The van der Waals surface area contributed by atoms with E-state index in [1.165, 1.54) is 6.92 Å². The summed E-state index contributed by atoms with van der Waals surface area (Å²) in [4.78, 5) is 22.1. The zero-order valence-electron chi connectivity index (χ0n) is 11.5. The first-order valence-electron chi connectivity index (χ1n) is 6.04. The molecule has 1 aromatic carbocycles. The lowest BCUT2D eigenvalue weighted by Crippen LogP contribution is -2.27. The predicted molar refractivity (Wildman–Crippen MR) is 71.6 cm³/mol. The lowest BCUT2D eigenvalue weighted by atomic mass is 10.1. The Kier molecular flexibility index (Phi) is 5.85. The van der Waals surface area contributed by atoms with Crippen LogP contribution < -0.4 is 14.8 Å². The van der Waals surface area contributed by atoms with Crippen LogP contribution in [0.2, 0.25) is 0 Å². The summed E-state index contributed by atoms with van der Waals surface area (Å²) in [5, 5.41) is 2.70. The summed E-state index contributed by atoms with van der Waals surface area (Å²) < 4.78 is 10.4. The summed E-state index contributed by atoms with van der Waals surface area (Å²) in [5.74, 6) is 1.10. The molecule has 5 nitrogen and oxygen atoms in total. The fourth-order valence-electron chi connectivity index (χ4n) is 1.70. The number of benzene rings is 1. The largest absolute Gasteiger partial charge is 0.497 e. The summed E-state index contributed by atoms with van der Waals surface area (Å²) in [5.41, 5.74) is 0.949. The third-order valence-corrected chi connectivity index (χ3v) is 2.61. The van der Waals surface area contributed by atoms with E-state index in [0.717, 1.165) is 17.1 Å². The monoisotopic (exact) mass is 265 g/mol. The molecule has 19 heavy (non-hydrogen) atoms. The molecule has 1 aromatic rings. The Morgan fingerprint density at radius 3 is 2.53 bits per heavy atom. The van der Waals surface area contributed by atoms with Gasteiger partial charge in [-0.15, -0.1) is 0 Å². The number of Topliss-reactive ketones (excluding diaryl/α,β-unsaturated/α-hetero) is 1. The van der Waals surface area contributed by atoms with Gasteiger partial charge < -0.3 is 14.8 Å². The number of hydrogen-bond donors (Lipinski definition) is 1. The molecule has 5 heteroatoms. The van der Waals surface area contributed by atoms with Gasteiger partial charge in [0.25, 0.3) is 0 Å². The van der Waals surface area contributed by atoms with Crippen molar-refractivity contribution in [1.82, 2.24) is 5.32 Å². The number of ether oxygens (including phenoxy) is 2. The molecule has 104 valence electrons. The summed E-state index contributed by atoms with van der Waals surface area (Å²) in [6, 6.07) is 5.51. The van der Waals surface area contributed by atoms with E-state index in [0.29, 0.717) is 13.0 Å². The number of carbonyl (C=O) groups is 2. The molecular formula is C14H19NO4. The molecule has 0 atom stereocenters. The minimum Gasteiger partial charge on any atom is -0.497 e. The van der Waals surface area contributed by atoms with Crippen molar-refractivity contribution in [3.63, 3.8) is 0 Å². The zero-order chi connectivity index (χ0) is 14.3. The quantitative estimate of drug-likeness (QED) is 0.756. The van der Waals surface area contributed by atoms with Gasteiger partial charge in [0.05, 0.1) is 20.6 Å². The van der Waals surface area contributed by atoms with Crippen molar-refractivity contribution < 1.29 is 19.1 Å². The predicted octanol–water partition coefficient (Wildman–Crippen LogP) is 1.34. The fraction of sp³-hybridized carbons (Fsp3) is 0.429. The average Bonchev–Trinajstić information content (AvgIpc) is 2.37. The van der Waals surface area contributed by atoms with Crippen molar-refractivity contribution >= 4 is 11.7 Å². The van der Waals surface area contributed by atoms with Gasteiger partial charge >= 0.3 is 0 Å². The highest BCUT2D eigenvalue weighted by Gasteiger charge is 2.07. The highest BCUT2D eigenvalue weighted by molar-refractivity contribution is 5.96. The molecule has 0 spiro atoms. The first-order valence-corrected chi connectivity index (χ1v) is 6.04. The minimum atomic E-state index is -0.255. The molecule has 1 amide bonds. The fourth-order valence-corrected chi connectivity index (χ4v) is 1.70. The molecule has 0 bridgehead atoms. The van der Waals surface area contributed by atoms with Crippen LogP contribution in [0.3, 0.4) is 0 Å². The van der Waals surface area contributed by atoms with E-state index < -0.39 is 0 Å². The smallest absolute Gasteiger partial charge is 0.227 e. The van der Waals surface area contributed by atoms with Crippen molar-refractivity contribution in [1.29, 1.82) is 0 Å². The highest BCUT2D eigenvalue weighted by Crippen LogP contribution is 2.24. The van der Waals surface area contributed by atoms with E-state index in [2.05, 4.69) is 5.32 Å². The first-order chi connectivity index (χ1) is 9.06. The van der Waals surface area contributed by atoms with Crippen LogP contribution in [0.1, 0.15) is 18.9 Å². The lowest BCUT2D eigenvalue weighted by molar-refractivity contribution is -0.127. The Morgan fingerprint density at radius 1 is 1.21 bits per heavy atom. The van der Waals surface area contributed by atoms with Crippen molar-refractivity contribution in [2.75, 3.05) is 20.8 Å². The molecule has 0 unspecified atom stereocenters. The van der Waals surface area contributed by atoms with Crippen LogP contribution in [0.4, 0.5) is 0 Å². The van der Waals surface area contributed by atoms with Gasteiger partial charge in [-0.05, 0) is 37.1 Å². The van der Waals surface area contributed by atoms with Crippen molar-refractivity contribution in [2.45, 2.75) is 19.8 Å². The number of amides is 1. The Morgan fingerprint density at radius 2 is 1.95 bits per heavy atom. The minimum absolute atomic E-state index is 0.0742. The molecule has 1 N–H and O–H groups in total. The van der Waals surface area contributed by atoms with Crippen LogP contribution in [0.15, 0.2) is 18.2 Å². The Balaban J connectivity index is 2.56. The Labute approximate surface area is 112 Å². The third-order valence-electron chi connectivity index (χ3n) is 2.61. The summed E-state index contributed by atoms with van der Waals surface area (Å²) in [7, 11) is 3.19. The first kappa shape index (κ1) is 15.0. The second-order valence-electron chi connectivity index (χ2n) is 4.16. The number of rotatable bonds is 7. The van der Waals surface area contributed by atoms with Crippen LogP contribution in [0.25, 0.3) is 0 Å². The van der Waals surface area contributed by atoms with Crippen molar-refractivity contribution in [3.8, 4) is 11.5 Å². The van der Waals surface area contributed by atoms with E-state index in [1.807, 2.05) is 18.2 Å². The molecule has 0 radical (unpaired) electrons. The van der Waals surface area contributed by atoms with E-state index in [4.69, 9.17) is 9.47 Å². The normalized spacial score (nSPS) is 9.84. The van der Waals surface area contributed by atoms with Gasteiger partial charge in [0, 0.05) is 6.54 Å².